The van der Waals surface area contributed by atoms with Crippen molar-refractivity contribution < 1.29 is 0 Å². The van der Waals surface area contributed by atoms with Gasteiger partial charge in [-0.15, -0.1) is 0 Å². The monoisotopic (exact) mass is 298 g/mol. The Hall–Kier alpha value is 0.160. The molecule has 9 heavy (non-hydrogen) atoms. The van der Waals surface area contributed by atoms with Gasteiger partial charge >= 0.3 is 0 Å². The normalized spacial score (nSPS) is 9.56. The van der Waals surface area contributed by atoms with Gasteiger partial charge in [0.05, 0.1) is 0 Å². The largest absolute Gasteiger partial charge is 0.399 e. The number of hydrogen-bond donors (Lipinski definition) is 1. The van der Waals surface area contributed by atoms with Crippen LogP contribution in [0.1, 0.15) is 0 Å². The molecule has 1 aromatic heterocycles. The lowest BCUT2D eigenvalue weighted by molar-refractivity contribution is 1.23. The van der Waals surface area contributed by atoms with E-state index in [0.717, 1.165) is 14.0 Å². The highest BCUT2D eigenvalue weighted by molar-refractivity contribution is 14.1. The van der Waals surface area contributed by atoms with Crippen molar-refractivity contribution in [1.82, 2.24) is 4.98 Å². The predicted molar refractivity (Wildman–Crippen MR) is 49.1 cm³/mol. The average molecular weight is 299 g/mol. The highest BCUT2D eigenvalue weighted by atomic mass is 127. The zero-order valence-electron chi connectivity index (χ0n) is 4.44. The summed E-state index contributed by atoms with van der Waals surface area (Å²) in [6.07, 6.45) is 0. The van der Waals surface area contributed by atoms with Gasteiger partial charge in [0, 0.05) is 5.69 Å². The summed E-state index contributed by atoms with van der Waals surface area (Å²) in [5, 5.41) is 0. The Morgan fingerprint density at radius 2 is 2.22 bits per heavy atom. The molecule has 48 valence electrons. The fraction of sp³-hybridized carbons (Fsp3) is 0. The quantitative estimate of drug-likeness (QED) is 0.588. The molecule has 1 heterocycles. The van der Waals surface area contributed by atoms with E-state index in [0.29, 0.717) is 0 Å². The molecule has 0 unspecified atom stereocenters. The maximum atomic E-state index is 5.48. The summed E-state index contributed by atoms with van der Waals surface area (Å²) >= 11 is 5.33. The fourth-order valence-corrected chi connectivity index (χ4v) is 1.89. The summed E-state index contributed by atoms with van der Waals surface area (Å²) in [5.74, 6) is 0. The van der Waals surface area contributed by atoms with Gasteiger partial charge in [0.15, 0.2) is 0 Å². The van der Waals surface area contributed by atoms with Crippen molar-refractivity contribution in [2.45, 2.75) is 0 Å². The maximum absolute atomic E-state index is 5.48. The van der Waals surface area contributed by atoms with Crippen LogP contribution in [-0.2, 0) is 0 Å². The Labute approximate surface area is 75.1 Å². The van der Waals surface area contributed by atoms with Gasteiger partial charge in [0.1, 0.15) is 8.30 Å². The highest BCUT2D eigenvalue weighted by Gasteiger charge is 1.92. The molecule has 0 fully saturated rings. The standard InChI is InChI=1S/C5H4BrIN2/c6-4-1-3(8)2-5(7)9-4/h1-2H,(H2,8,9). The number of anilines is 1. The molecule has 0 aromatic carbocycles. The van der Waals surface area contributed by atoms with Crippen molar-refractivity contribution in [1.29, 1.82) is 0 Å². The second kappa shape index (κ2) is 2.83. The van der Waals surface area contributed by atoms with Crippen LogP contribution in [0.25, 0.3) is 0 Å². The Morgan fingerprint density at radius 1 is 1.56 bits per heavy atom. The Balaban J connectivity index is 3.17. The second-order valence-electron chi connectivity index (χ2n) is 1.55. The third-order valence-electron chi connectivity index (χ3n) is 0.785. The first-order valence-electron chi connectivity index (χ1n) is 2.27. The number of halogens is 2. The molecule has 1 rings (SSSR count). The molecule has 1 aromatic rings. The van der Waals surface area contributed by atoms with Crippen LogP contribution in [0.5, 0.6) is 0 Å². The van der Waals surface area contributed by atoms with Crippen LogP contribution in [0.15, 0.2) is 16.7 Å². The number of nitrogen functional groups attached to an aromatic ring is 1. The Bertz CT molecular complexity index is 176. The van der Waals surface area contributed by atoms with E-state index >= 15 is 0 Å². The van der Waals surface area contributed by atoms with Gasteiger partial charge in [-0.2, -0.15) is 0 Å². The molecule has 0 atom stereocenters. The van der Waals surface area contributed by atoms with Gasteiger partial charge < -0.3 is 5.73 Å². The first kappa shape index (κ1) is 7.27. The summed E-state index contributed by atoms with van der Waals surface area (Å²) < 4.78 is 1.69. The first-order valence-corrected chi connectivity index (χ1v) is 4.14. The molecule has 0 radical (unpaired) electrons. The molecule has 2 nitrogen and oxygen atoms in total. The number of nitrogens with two attached hydrogens (primary N) is 1. The van der Waals surface area contributed by atoms with Gasteiger partial charge in [-0.05, 0) is 50.7 Å². The van der Waals surface area contributed by atoms with Crippen LogP contribution in [0.2, 0.25) is 0 Å². The first-order chi connectivity index (χ1) is 4.18. The topological polar surface area (TPSA) is 38.9 Å². The van der Waals surface area contributed by atoms with Gasteiger partial charge in [-0.1, -0.05) is 0 Å². The number of rotatable bonds is 0. The summed E-state index contributed by atoms with van der Waals surface area (Å²) in [7, 11) is 0. The lowest BCUT2D eigenvalue weighted by Crippen LogP contribution is -1.88. The average Bonchev–Trinajstić information content (AvgIpc) is 1.59. The van der Waals surface area contributed by atoms with E-state index in [1.165, 1.54) is 0 Å². The molecule has 0 aliphatic carbocycles. The highest BCUT2D eigenvalue weighted by Crippen LogP contribution is 2.13. The van der Waals surface area contributed by atoms with Crippen molar-refractivity contribution in [3.05, 3.63) is 20.4 Å². The zero-order chi connectivity index (χ0) is 6.85. The van der Waals surface area contributed by atoms with E-state index in [4.69, 9.17) is 5.73 Å². The minimum Gasteiger partial charge on any atom is -0.399 e. The van der Waals surface area contributed by atoms with E-state index in [1.807, 2.05) is 6.07 Å². The van der Waals surface area contributed by atoms with Crippen molar-refractivity contribution in [3.8, 4) is 0 Å². The van der Waals surface area contributed by atoms with Crippen LogP contribution >= 0.6 is 38.5 Å². The molecular weight excluding hydrogens is 295 g/mol. The van der Waals surface area contributed by atoms with Crippen LogP contribution < -0.4 is 5.73 Å². The summed E-state index contributed by atoms with van der Waals surface area (Å²) in [6.45, 7) is 0. The zero-order valence-corrected chi connectivity index (χ0v) is 8.18. The molecule has 2 N–H and O–H groups in total. The number of nitrogens with zero attached hydrogens (tertiary/aromatic N) is 1. The lowest BCUT2D eigenvalue weighted by atomic mass is 10.4. The third-order valence-corrected chi connectivity index (χ3v) is 1.74. The molecule has 4 heteroatoms. The fourth-order valence-electron chi connectivity index (χ4n) is 0.483. The van der Waals surface area contributed by atoms with E-state index in [2.05, 4.69) is 43.5 Å². The number of aromatic nitrogens is 1. The molecule has 0 saturated heterocycles. The van der Waals surface area contributed by atoms with Gasteiger partial charge in [-0.25, -0.2) is 4.98 Å². The molecule has 0 spiro atoms. The van der Waals surface area contributed by atoms with Crippen molar-refractivity contribution in [2.75, 3.05) is 5.73 Å². The minimum absolute atomic E-state index is 0.737. The summed E-state index contributed by atoms with van der Waals surface area (Å²) in [4.78, 5) is 4.06. The number of pyridine rings is 1. The van der Waals surface area contributed by atoms with Crippen LogP contribution in [-0.4, -0.2) is 4.98 Å². The van der Waals surface area contributed by atoms with Gasteiger partial charge in [-0.3, -0.25) is 0 Å². The van der Waals surface area contributed by atoms with Gasteiger partial charge in [0.25, 0.3) is 0 Å². The lowest BCUT2D eigenvalue weighted by Gasteiger charge is -1.93. The van der Waals surface area contributed by atoms with Crippen molar-refractivity contribution in [3.63, 3.8) is 0 Å². The molecule has 0 aliphatic heterocycles. The molecule has 0 amide bonds. The van der Waals surface area contributed by atoms with E-state index in [-0.39, 0.29) is 0 Å². The minimum atomic E-state index is 0.737. The number of hydrogen-bond acceptors (Lipinski definition) is 2. The van der Waals surface area contributed by atoms with E-state index < -0.39 is 0 Å². The van der Waals surface area contributed by atoms with Crippen LogP contribution in [0.3, 0.4) is 0 Å². The second-order valence-corrected chi connectivity index (χ2v) is 3.46. The molecular formula is C5H4BrIN2. The molecule has 0 bridgehead atoms. The Kier molecular flexibility index (Phi) is 2.29. The van der Waals surface area contributed by atoms with Gasteiger partial charge in [0.2, 0.25) is 0 Å². The van der Waals surface area contributed by atoms with E-state index in [1.54, 1.807) is 6.07 Å². The van der Waals surface area contributed by atoms with Crippen molar-refractivity contribution >= 4 is 44.2 Å². The van der Waals surface area contributed by atoms with Crippen LogP contribution in [0.4, 0.5) is 5.69 Å². The third kappa shape index (κ3) is 2.09. The molecule has 0 saturated carbocycles. The summed E-state index contributed by atoms with van der Waals surface area (Å²) in [6, 6.07) is 3.58. The predicted octanol–water partition coefficient (Wildman–Crippen LogP) is 2.03. The Morgan fingerprint density at radius 3 is 2.67 bits per heavy atom. The SMILES string of the molecule is Nc1cc(Br)nc(I)c1. The maximum Gasteiger partial charge on any atom is 0.109 e. The smallest absolute Gasteiger partial charge is 0.109 e. The van der Waals surface area contributed by atoms with E-state index in [9.17, 15) is 0 Å². The van der Waals surface area contributed by atoms with Crippen LogP contribution in [0, 0.1) is 3.70 Å². The van der Waals surface area contributed by atoms with Crippen molar-refractivity contribution in [2.24, 2.45) is 0 Å². The molecule has 0 aliphatic rings. The summed E-state index contributed by atoms with van der Waals surface area (Å²) in [5.41, 5.74) is 6.22.